The van der Waals surface area contributed by atoms with Crippen LogP contribution in [0.4, 0.5) is 0 Å². The minimum absolute atomic E-state index is 0.0121. The highest BCUT2D eigenvalue weighted by Crippen LogP contribution is 2.37. The molecule has 0 bridgehead atoms. The number of nitrogens with one attached hydrogen (secondary N) is 1. The number of amides is 2. The molecule has 2 heterocycles. The van der Waals surface area contributed by atoms with Crippen LogP contribution in [-0.4, -0.2) is 71.5 Å². The van der Waals surface area contributed by atoms with Crippen LogP contribution in [0.5, 0.6) is 0 Å². The summed E-state index contributed by atoms with van der Waals surface area (Å²) in [7, 11) is 0. The summed E-state index contributed by atoms with van der Waals surface area (Å²) in [4.78, 5) is 42.7. The van der Waals surface area contributed by atoms with Crippen LogP contribution in [0, 0.1) is 5.41 Å². The molecule has 0 aliphatic carbocycles. The Labute approximate surface area is 217 Å². The SMILES string of the molecule is CCNC(=O)CC1(C(=O)O)CCCN(C2CCN(C(=O)c3c4ccccc4cc4ccccc34)CC2)C1. The summed E-state index contributed by atoms with van der Waals surface area (Å²) < 4.78 is 0. The largest absolute Gasteiger partial charge is 0.481 e. The van der Waals surface area contributed by atoms with Crippen molar-refractivity contribution < 1.29 is 19.5 Å². The molecule has 0 spiro atoms. The molecule has 2 aliphatic rings. The summed E-state index contributed by atoms with van der Waals surface area (Å²) in [5.41, 5.74) is -0.288. The van der Waals surface area contributed by atoms with E-state index in [0.717, 1.165) is 52.9 Å². The number of fused-ring (bicyclic) bond motifs is 2. The van der Waals surface area contributed by atoms with E-state index in [2.05, 4.69) is 28.4 Å². The zero-order valence-electron chi connectivity index (χ0n) is 21.4. The number of carboxylic acids is 1. The predicted octanol–water partition coefficient (Wildman–Crippen LogP) is 4.29. The lowest BCUT2D eigenvalue weighted by Gasteiger charge is -2.45. The summed E-state index contributed by atoms with van der Waals surface area (Å²) in [6.45, 7) is 4.82. The maximum absolute atomic E-state index is 13.9. The quantitative estimate of drug-likeness (QED) is 0.492. The van der Waals surface area contributed by atoms with Crippen molar-refractivity contribution in [1.29, 1.82) is 0 Å². The number of carbonyl (C=O) groups excluding carboxylic acids is 2. The van der Waals surface area contributed by atoms with Gasteiger partial charge in [0.25, 0.3) is 5.91 Å². The van der Waals surface area contributed by atoms with Crippen LogP contribution in [0.3, 0.4) is 0 Å². The van der Waals surface area contributed by atoms with Crippen molar-refractivity contribution >= 4 is 39.3 Å². The van der Waals surface area contributed by atoms with Gasteiger partial charge in [0.2, 0.25) is 5.91 Å². The van der Waals surface area contributed by atoms with Gasteiger partial charge in [0.05, 0.1) is 11.0 Å². The number of rotatable bonds is 6. The van der Waals surface area contributed by atoms with E-state index in [0.29, 0.717) is 32.6 Å². The second-order valence-corrected chi connectivity index (χ2v) is 10.5. The van der Waals surface area contributed by atoms with Gasteiger partial charge < -0.3 is 15.3 Å². The molecule has 5 rings (SSSR count). The minimum Gasteiger partial charge on any atom is -0.481 e. The van der Waals surface area contributed by atoms with Gasteiger partial charge in [-0.2, -0.15) is 0 Å². The molecule has 194 valence electrons. The van der Waals surface area contributed by atoms with Crippen molar-refractivity contribution in [3.8, 4) is 0 Å². The standard InChI is InChI=1S/C30H35N3O4/c1-2-31-26(34)19-30(29(36)37)14-7-15-33(20-30)23-12-16-32(17-13-23)28(35)27-24-10-5-3-8-21(24)18-22-9-4-6-11-25(22)27/h3-6,8-11,18,23H,2,7,12-17,19-20H2,1H3,(H,31,34)(H,36,37). The van der Waals surface area contributed by atoms with Gasteiger partial charge in [0.1, 0.15) is 0 Å². The third-order valence-electron chi connectivity index (χ3n) is 8.19. The lowest BCUT2D eigenvalue weighted by molar-refractivity contribution is -0.156. The highest BCUT2D eigenvalue weighted by Gasteiger charge is 2.45. The average Bonchev–Trinajstić information content (AvgIpc) is 2.91. The predicted molar refractivity (Wildman–Crippen MR) is 145 cm³/mol. The third-order valence-corrected chi connectivity index (χ3v) is 8.19. The smallest absolute Gasteiger partial charge is 0.311 e. The van der Waals surface area contributed by atoms with E-state index in [4.69, 9.17) is 0 Å². The average molecular weight is 502 g/mol. The second kappa shape index (κ2) is 10.5. The maximum atomic E-state index is 13.9. The summed E-state index contributed by atoms with van der Waals surface area (Å²) in [6.07, 6.45) is 2.88. The Kier molecular flexibility index (Phi) is 7.15. The van der Waals surface area contributed by atoms with Crippen molar-refractivity contribution in [1.82, 2.24) is 15.1 Å². The molecular weight excluding hydrogens is 466 g/mol. The molecule has 2 amide bonds. The van der Waals surface area contributed by atoms with Crippen molar-refractivity contribution in [2.75, 3.05) is 32.7 Å². The molecule has 0 aromatic heterocycles. The number of hydrogen-bond donors (Lipinski definition) is 2. The Morgan fingerprint density at radius 2 is 1.59 bits per heavy atom. The highest BCUT2D eigenvalue weighted by molar-refractivity contribution is 6.18. The third kappa shape index (κ3) is 4.92. The number of nitrogens with zero attached hydrogens (tertiary/aromatic N) is 2. The van der Waals surface area contributed by atoms with Crippen LogP contribution in [0.1, 0.15) is 49.4 Å². The van der Waals surface area contributed by atoms with Crippen LogP contribution in [0.2, 0.25) is 0 Å². The molecule has 7 heteroatoms. The van der Waals surface area contributed by atoms with E-state index in [1.807, 2.05) is 48.2 Å². The van der Waals surface area contributed by atoms with Crippen LogP contribution in [-0.2, 0) is 9.59 Å². The fourth-order valence-corrected chi connectivity index (χ4v) is 6.28. The van der Waals surface area contributed by atoms with Crippen LogP contribution >= 0.6 is 0 Å². The number of piperidine rings is 2. The number of carboxylic acid groups (broad SMARTS) is 1. The lowest BCUT2D eigenvalue weighted by atomic mass is 9.76. The van der Waals surface area contributed by atoms with Crippen molar-refractivity contribution in [3.05, 3.63) is 60.2 Å². The van der Waals surface area contributed by atoms with Crippen LogP contribution in [0.25, 0.3) is 21.5 Å². The molecule has 0 radical (unpaired) electrons. The zero-order valence-corrected chi connectivity index (χ0v) is 21.4. The Hall–Kier alpha value is -3.45. The van der Waals surface area contributed by atoms with Gasteiger partial charge in [-0.05, 0) is 66.8 Å². The van der Waals surface area contributed by atoms with E-state index < -0.39 is 11.4 Å². The van der Waals surface area contributed by atoms with Gasteiger partial charge in [0.15, 0.2) is 0 Å². The number of aliphatic carboxylic acids is 1. The normalized spacial score (nSPS) is 21.3. The summed E-state index contributed by atoms with van der Waals surface area (Å²) in [5, 5.41) is 16.9. The number of carbonyl (C=O) groups is 3. The van der Waals surface area contributed by atoms with Gasteiger partial charge in [-0.1, -0.05) is 48.5 Å². The first kappa shape index (κ1) is 25.2. The van der Waals surface area contributed by atoms with Crippen molar-refractivity contribution in [3.63, 3.8) is 0 Å². The molecule has 2 N–H and O–H groups in total. The monoisotopic (exact) mass is 501 g/mol. The molecule has 7 nitrogen and oxygen atoms in total. The summed E-state index contributed by atoms with van der Waals surface area (Å²) in [5.74, 6) is -1.03. The number of likely N-dealkylation sites (tertiary alicyclic amines) is 2. The molecule has 1 atom stereocenters. The lowest BCUT2D eigenvalue weighted by Crippen LogP contribution is -2.55. The Bertz CT molecular complexity index is 1280. The van der Waals surface area contributed by atoms with Gasteiger partial charge >= 0.3 is 5.97 Å². The number of benzene rings is 3. The maximum Gasteiger partial charge on any atom is 0.311 e. The van der Waals surface area contributed by atoms with E-state index in [-0.39, 0.29) is 24.3 Å². The summed E-state index contributed by atoms with van der Waals surface area (Å²) in [6, 6.07) is 18.5. The highest BCUT2D eigenvalue weighted by atomic mass is 16.4. The fraction of sp³-hybridized carbons (Fsp3) is 0.433. The molecule has 3 aromatic rings. The van der Waals surface area contributed by atoms with E-state index >= 15 is 0 Å². The Morgan fingerprint density at radius 1 is 0.973 bits per heavy atom. The zero-order chi connectivity index (χ0) is 26.0. The van der Waals surface area contributed by atoms with Crippen molar-refractivity contribution in [2.45, 2.75) is 45.1 Å². The number of hydrogen-bond acceptors (Lipinski definition) is 4. The molecule has 1 unspecified atom stereocenters. The second-order valence-electron chi connectivity index (χ2n) is 10.5. The Morgan fingerprint density at radius 3 is 2.19 bits per heavy atom. The molecular formula is C30H35N3O4. The van der Waals surface area contributed by atoms with Gasteiger partial charge in [-0.25, -0.2) is 0 Å². The molecule has 2 fully saturated rings. The first-order chi connectivity index (χ1) is 17.9. The van der Waals surface area contributed by atoms with E-state index in [9.17, 15) is 19.5 Å². The molecule has 2 aliphatic heterocycles. The molecule has 2 saturated heterocycles. The van der Waals surface area contributed by atoms with E-state index in [1.54, 1.807) is 0 Å². The first-order valence-corrected chi connectivity index (χ1v) is 13.4. The van der Waals surface area contributed by atoms with Crippen molar-refractivity contribution in [2.24, 2.45) is 5.41 Å². The van der Waals surface area contributed by atoms with Gasteiger partial charge in [-0.15, -0.1) is 0 Å². The molecule has 3 aromatic carbocycles. The Balaban J connectivity index is 1.32. The van der Waals surface area contributed by atoms with E-state index in [1.165, 1.54) is 0 Å². The molecule has 0 saturated carbocycles. The van der Waals surface area contributed by atoms with Crippen LogP contribution < -0.4 is 5.32 Å². The van der Waals surface area contributed by atoms with Gasteiger partial charge in [-0.3, -0.25) is 19.3 Å². The topological polar surface area (TPSA) is 89.9 Å². The van der Waals surface area contributed by atoms with Crippen LogP contribution in [0.15, 0.2) is 54.6 Å². The first-order valence-electron chi connectivity index (χ1n) is 13.4. The summed E-state index contributed by atoms with van der Waals surface area (Å²) >= 11 is 0. The minimum atomic E-state index is -1.05. The van der Waals surface area contributed by atoms with Gasteiger partial charge in [0, 0.05) is 38.6 Å². The fourth-order valence-electron chi connectivity index (χ4n) is 6.28. The molecule has 37 heavy (non-hydrogen) atoms.